The molecule has 2 aromatic rings. The minimum Gasteiger partial charge on any atom is -0.493 e. The van der Waals surface area contributed by atoms with E-state index in [1.165, 1.54) is 36.6 Å². The monoisotopic (exact) mass is 324 g/mol. The van der Waals surface area contributed by atoms with Crippen LogP contribution < -0.4 is 10.5 Å². The maximum Gasteiger partial charge on any atom is 0.120 e. The van der Waals surface area contributed by atoms with Crippen molar-refractivity contribution in [2.45, 2.75) is 46.0 Å². The Morgan fingerprint density at radius 2 is 2.09 bits per heavy atom. The summed E-state index contributed by atoms with van der Waals surface area (Å²) in [4.78, 5) is 3.29. The first-order chi connectivity index (χ1) is 10.3. The third-order valence-electron chi connectivity index (χ3n) is 4.18. The van der Waals surface area contributed by atoms with Crippen LogP contribution in [0.4, 0.5) is 0 Å². The van der Waals surface area contributed by atoms with Gasteiger partial charge in [0.05, 0.1) is 6.61 Å². The second-order valence-electron chi connectivity index (χ2n) is 5.79. The molecule has 0 radical (unpaired) electrons. The smallest absolute Gasteiger partial charge is 0.120 e. The number of nitrogens with one attached hydrogen (secondary N) is 1. The number of H-pyrrole nitrogens is 1. The van der Waals surface area contributed by atoms with Crippen molar-refractivity contribution in [2.24, 2.45) is 11.7 Å². The molecule has 0 bridgehead atoms. The van der Waals surface area contributed by atoms with Gasteiger partial charge in [0.15, 0.2) is 0 Å². The van der Waals surface area contributed by atoms with Crippen LogP contribution >= 0.6 is 12.4 Å². The summed E-state index contributed by atoms with van der Waals surface area (Å²) < 4.78 is 6.02. The van der Waals surface area contributed by atoms with Crippen LogP contribution in [0.15, 0.2) is 24.4 Å². The molecule has 1 heterocycles. The van der Waals surface area contributed by atoms with Crippen LogP contribution in [-0.4, -0.2) is 18.1 Å². The van der Waals surface area contributed by atoms with Crippen molar-refractivity contribution in [3.05, 3.63) is 30.0 Å². The van der Waals surface area contributed by atoms with E-state index in [9.17, 15) is 0 Å². The average molecular weight is 325 g/mol. The van der Waals surface area contributed by atoms with Gasteiger partial charge in [-0.25, -0.2) is 0 Å². The third-order valence-corrected chi connectivity index (χ3v) is 4.18. The van der Waals surface area contributed by atoms with Gasteiger partial charge in [-0.3, -0.25) is 0 Å². The predicted molar refractivity (Wildman–Crippen MR) is 97.1 cm³/mol. The van der Waals surface area contributed by atoms with Gasteiger partial charge in [-0.1, -0.05) is 33.1 Å². The summed E-state index contributed by atoms with van der Waals surface area (Å²) in [7, 11) is 0. The highest BCUT2D eigenvalue weighted by molar-refractivity contribution is 5.85. The Morgan fingerprint density at radius 1 is 1.27 bits per heavy atom. The number of benzene rings is 1. The molecule has 1 aromatic heterocycles. The van der Waals surface area contributed by atoms with Crippen molar-refractivity contribution in [1.82, 2.24) is 4.98 Å². The van der Waals surface area contributed by atoms with Crippen LogP contribution in [0.5, 0.6) is 5.75 Å². The summed E-state index contributed by atoms with van der Waals surface area (Å²) in [6.07, 6.45) is 7.95. The van der Waals surface area contributed by atoms with Crippen LogP contribution in [0, 0.1) is 5.92 Å². The molecule has 0 amide bonds. The lowest BCUT2D eigenvalue weighted by atomic mass is 10.0. The van der Waals surface area contributed by atoms with Gasteiger partial charge < -0.3 is 15.5 Å². The number of aromatic nitrogens is 1. The molecule has 0 saturated carbocycles. The molecule has 0 aliphatic carbocycles. The molecule has 0 spiro atoms. The summed E-state index contributed by atoms with van der Waals surface area (Å²) >= 11 is 0. The Hall–Kier alpha value is -1.19. The number of hydrogen-bond acceptors (Lipinski definition) is 2. The topological polar surface area (TPSA) is 51.0 Å². The first kappa shape index (κ1) is 18.9. The standard InChI is InChI=1S/C18H28N2O.ClH/c1-3-5-6-14(4-2)13-21-16-7-8-18-17(11-16)15(9-10-19)12-20-18;/h7-8,11-12,14,20H,3-6,9-10,13,19H2,1-2H3;1H. The van der Waals surface area contributed by atoms with E-state index in [2.05, 4.69) is 43.2 Å². The quantitative estimate of drug-likeness (QED) is 0.703. The summed E-state index contributed by atoms with van der Waals surface area (Å²) in [5.41, 5.74) is 8.10. The van der Waals surface area contributed by atoms with Crippen molar-refractivity contribution in [3.63, 3.8) is 0 Å². The van der Waals surface area contributed by atoms with Gasteiger partial charge in [0.2, 0.25) is 0 Å². The molecule has 0 aliphatic rings. The van der Waals surface area contributed by atoms with Crippen LogP contribution in [0.3, 0.4) is 0 Å². The zero-order valence-electron chi connectivity index (χ0n) is 13.7. The molecule has 1 atom stereocenters. The normalized spacial score (nSPS) is 12.1. The maximum absolute atomic E-state index is 6.02. The van der Waals surface area contributed by atoms with Crippen molar-refractivity contribution in [1.29, 1.82) is 0 Å². The second kappa shape index (κ2) is 9.75. The molecular weight excluding hydrogens is 296 g/mol. The molecule has 1 unspecified atom stereocenters. The molecule has 0 aliphatic heterocycles. The number of hydrogen-bond donors (Lipinski definition) is 2. The number of nitrogens with two attached hydrogens (primary N) is 1. The Balaban J connectivity index is 0.00000242. The van der Waals surface area contributed by atoms with Crippen molar-refractivity contribution < 1.29 is 4.74 Å². The van der Waals surface area contributed by atoms with E-state index in [-0.39, 0.29) is 12.4 Å². The lowest BCUT2D eigenvalue weighted by Gasteiger charge is -2.15. The highest BCUT2D eigenvalue weighted by Crippen LogP contribution is 2.25. The molecule has 3 nitrogen and oxygen atoms in total. The van der Waals surface area contributed by atoms with Crippen molar-refractivity contribution in [3.8, 4) is 5.75 Å². The van der Waals surface area contributed by atoms with Gasteiger partial charge in [0.25, 0.3) is 0 Å². The van der Waals surface area contributed by atoms with E-state index >= 15 is 0 Å². The third kappa shape index (κ3) is 4.92. The molecule has 0 saturated heterocycles. The zero-order chi connectivity index (χ0) is 15.1. The lowest BCUT2D eigenvalue weighted by molar-refractivity contribution is 0.233. The van der Waals surface area contributed by atoms with E-state index in [4.69, 9.17) is 10.5 Å². The summed E-state index contributed by atoms with van der Waals surface area (Å²) in [5, 5.41) is 1.24. The average Bonchev–Trinajstić information content (AvgIpc) is 2.90. The molecule has 3 N–H and O–H groups in total. The van der Waals surface area contributed by atoms with Gasteiger partial charge in [-0.05, 0) is 49.1 Å². The zero-order valence-corrected chi connectivity index (χ0v) is 14.5. The van der Waals surface area contributed by atoms with E-state index < -0.39 is 0 Å². The lowest BCUT2D eigenvalue weighted by Crippen LogP contribution is -2.11. The highest BCUT2D eigenvalue weighted by Gasteiger charge is 2.08. The number of fused-ring (bicyclic) bond motifs is 1. The van der Waals surface area contributed by atoms with Gasteiger partial charge in [-0.15, -0.1) is 12.4 Å². The first-order valence-electron chi connectivity index (χ1n) is 8.21. The number of halogens is 1. The second-order valence-corrected chi connectivity index (χ2v) is 5.79. The number of ether oxygens (including phenoxy) is 1. The molecular formula is C18H29ClN2O. The Morgan fingerprint density at radius 3 is 2.77 bits per heavy atom. The fourth-order valence-electron chi connectivity index (χ4n) is 2.72. The first-order valence-corrected chi connectivity index (χ1v) is 8.21. The molecule has 1 aromatic carbocycles. The number of unbranched alkanes of at least 4 members (excludes halogenated alkanes) is 1. The Bertz CT molecular complexity index is 553. The van der Waals surface area contributed by atoms with E-state index in [1.807, 2.05) is 0 Å². The van der Waals surface area contributed by atoms with E-state index in [0.717, 1.165) is 24.3 Å². The highest BCUT2D eigenvalue weighted by atomic mass is 35.5. The SMILES string of the molecule is CCCCC(CC)COc1ccc2[nH]cc(CCN)c2c1.Cl. The van der Waals surface area contributed by atoms with Crippen LogP contribution in [0.2, 0.25) is 0 Å². The molecule has 0 fully saturated rings. The summed E-state index contributed by atoms with van der Waals surface area (Å²) in [5.74, 6) is 1.63. The molecule has 4 heteroatoms. The molecule has 22 heavy (non-hydrogen) atoms. The van der Waals surface area contributed by atoms with E-state index in [0.29, 0.717) is 12.5 Å². The number of aromatic amines is 1. The van der Waals surface area contributed by atoms with Crippen LogP contribution in [0.25, 0.3) is 10.9 Å². The molecule has 124 valence electrons. The minimum absolute atomic E-state index is 0. The molecule has 2 rings (SSSR count). The largest absolute Gasteiger partial charge is 0.493 e. The van der Waals surface area contributed by atoms with Gasteiger partial charge in [0.1, 0.15) is 5.75 Å². The van der Waals surface area contributed by atoms with Gasteiger partial charge >= 0.3 is 0 Å². The summed E-state index contributed by atoms with van der Waals surface area (Å²) in [6, 6.07) is 6.29. The van der Waals surface area contributed by atoms with E-state index in [1.54, 1.807) is 0 Å². The Kier molecular flexibility index (Phi) is 8.36. The van der Waals surface area contributed by atoms with Crippen LogP contribution in [-0.2, 0) is 6.42 Å². The van der Waals surface area contributed by atoms with Crippen LogP contribution in [0.1, 0.15) is 45.1 Å². The maximum atomic E-state index is 6.02. The van der Waals surface area contributed by atoms with Gasteiger partial charge in [-0.2, -0.15) is 0 Å². The number of rotatable bonds is 9. The Labute approximate surface area is 140 Å². The fourth-order valence-corrected chi connectivity index (χ4v) is 2.72. The fraction of sp³-hybridized carbons (Fsp3) is 0.556. The van der Waals surface area contributed by atoms with Crippen molar-refractivity contribution >= 4 is 23.3 Å². The predicted octanol–water partition coefficient (Wildman–Crippen LogP) is 4.69. The minimum atomic E-state index is 0. The summed E-state index contributed by atoms with van der Waals surface area (Å²) in [6.45, 7) is 5.98. The van der Waals surface area contributed by atoms with Crippen molar-refractivity contribution in [2.75, 3.05) is 13.2 Å². The van der Waals surface area contributed by atoms with Gasteiger partial charge in [0, 0.05) is 17.1 Å².